The molecule has 0 bridgehead atoms. The highest BCUT2D eigenvalue weighted by Crippen LogP contribution is 2.16. The second-order valence-corrected chi connectivity index (χ2v) is 3.81. The number of ether oxygens (including phenoxy) is 1. The molecule has 1 saturated heterocycles. The fourth-order valence-corrected chi connectivity index (χ4v) is 1.84. The molecule has 2 heteroatoms. The summed E-state index contributed by atoms with van der Waals surface area (Å²) in [6.45, 7) is 1.99. The first-order chi connectivity index (χ1) is 6.86. The zero-order chi connectivity index (χ0) is 9.80. The van der Waals surface area contributed by atoms with Crippen LogP contribution in [0.4, 0.5) is 0 Å². The summed E-state index contributed by atoms with van der Waals surface area (Å²) in [4.78, 5) is 2.36. The van der Waals surface area contributed by atoms with Gasteiger partial charge in [0.1, 0.15) is 12.4 Å². The molecule has 0 spiro atoms. The Labute approximate surface area is 85.5 Å². The standard InChI is InChI=1S/C12H16NO/c1-13-9-5-6-11(13)10-14-12-7-3-2-4-8-12/h2-4,7,11H,5-6,9-10H2,1H3/t11-/m0/s1. The molecule has 1 atom stereocenters. The van der Waals surface area contributed by atoms with E-state index >= 15 is 0 Å². The molecule has 1 heterocycles. The maximum Gasteiger partial charge on any atom is 0.127 e. The Morgan fingerprint density at radius 3 is 3.14 bits per heavy atom. The molecule has 0 saturated carbocycles. The quantitative estimate of drug-likeness (QED) is 0.722. The van der Waals surface area contributed by atoms with Crippen LogP contribution in [0.25, 0.3) is 0 Å². The van der Waals surface area contributed by atoms with Crippen molar-refractivity contribution in [3.63, 3.8) is 0 Å². The summed E-state index contributed by atoms with van der Waals surface area (Å²) in [5, 5.41) is 0. The third-order valence-corrected chi connectivity index (χ3v) is 2.78. The predicted molar refractivity (Wildman–Crippen MR) is 56.4 cm³/mol. The van der Waals surface area contributed by atoms with Gasteiger partial charge in [-0.05, 0) is 32.5 Å². The Balaban J connectivity index is 1.82. The maximum absolute atomic E-state index is 5.66. The normalized spacial score (nSPS) is 22.5. The highest BCUT2D eigenvalue weighted by molar-refractivity contribution is 5.19. The number of benzene rings is 1. The Bertz CT molecular complexity index is 273. The fraction of sp³-hybridized carbons (Fsp3) is 0.500. The average Bonchev–Trinajstić information content (AvgIpc) is 2.63. The van der Waals surface area contributed by atoms with Gasteiger partial charge in [0.05, 0.1) is 0 Å². The van der Waals surface area contributed by atoms with Crippen LogP contribution >= 0.6 is 0 Å². The summed E-state index contributed by atoms with van der Waals surface area (Å²) < 4.78 is 5.66. The van der Waals surface area contributed by atoms with Crippen molar-refractivity contribution in [1.29, 1.82) is 0 Å². The topological polar surface area (TPSA) is 12.5 Å². The van der Waals surface area contributed by atoms with Crippen molar-refractivity contribution < 1.29 is 4.74 Å². The number of likely N-dealkylation sites (tertiary alicyclic amines) is 1. The van der Waals surface area contributed by atoms with E-state index in [0.717, 1.165) is 12.4 Å². The fourth-order valence-electron chi connectivity index (χ4n) is 1.84. The SMILES string of the molecule is CN1CCC[C@H]1COc1[c]cccc1. The van der Waals surface area contributed by atoms with Gasteiger partial charge in [0, 0.05) is 12.1 Å². The molecule has 1 fully saturated rings. The summed E-state index contributed by atoms with van der Waals surface area (Å²) in [7, 11) is 2.16. The molecule has 75 valence electrons. The van der Waals surface area contributed by atoms with Gasteiger partial charge in [0.25, 0.3) is 0 Å². The van der Waals surface area contributed by atoms with Crippen LogP contribution in [0.2, 0.25) is 0 Å². The van der Waals surface area contributed by atoms with E-state index in [0.29, 0.717) is 6.04 Å². The number of hydrogen-bond acceptors (Lipinski definition) is 2. The first-order valence-electron chi connectivity index (χ1n) is 5.16. The number of likely N-dealkylation sites (N-methyl/N-ethyl adjacent to an activating group) is 1. The molecule has 0 aromatic heterocycles. The van der Waals surface area contributed by atoms with Crippen LogP contribution in [0.3, 0.4) is 0 Å². The van der Waals surface area contributed by atoms with Crippen molar-refractivity contribution in [2.75, 3.05) is 20.2 Å². The summed E-state index contributed by atoms with van der Waals surface area (Å²) in [5.41, 5.74) is 0. The van der Waals surface area contributed by atoms with Crippen LogP contribution < -0.4 is 4.74 Å². The van der Waals surface area contributed by atoms with Gasteiger partial charge in [0.2, 0.25) is 0 Å². The van der Waals surface area contributed by atoms with E-state index in [9.17, 15) is 0 Å². The molecule has 14 heavy (non-hydrogen) atoms. The minimum absolute atomic E-state index is 0.587. The smallest absolute Gasteiger partial charge is 0.127 e. The van der Waals surface area contributed by atoms with E-state index in [1.807, 2.05) is 24.3 Å². The summed E-state index contributed by atoms with van der Waals surface area (Å²) in [6.07, 6.45) is 2.55. The average molecular weight is 190 g/mol. The summed E-state index contributed by atoms with van der Waals surface area (Å²) in [6, 6.07) is 11.4. The number of hydrogen-bond donors (Lipinski definition) is 0. The van der Waals surface area contributed by atoms with E-state index < -0.39 is 0 Å². The van der Waals surface area contributed by atoms with Gasteiger partial charge < -0.3 is 9.64 Å². The zero-order valence-corrected chi connectivity index (χ0v) is 8.57. The Morgan fingerprint density at radius 2 is 2.50 bits per heavy atom. The van der Waals surface area contributed by atoms with Crippen LogP contribution in [0, 0.1) is 6.07 Å². The second-order valence-electron chi connectivity index (χ2n) is 3.81. The molecule has 1 aliphatic heterocycles. The minimum atomic E-state index is 0.587. The molecule has 1 radical (unpaired) electrons. The molecule has 1 aliphatic rings. The molecule has 0 unspecified atom stereocenters. The first-order valence-corrected chi connectivity index (χ1v) is 5.16. The molecule has 2 rings (SSSR count). The van der Waals surface area contributed by atoms with Crippen LogP contribution in [0.15, 0.2) is 24.3 Å². The van der Waals surface area contributed by atoms with Crippen LogP contribution in [0.1, 0.15) is 12.8 Å². The number of rotatable bonds is 3. The highest BCUT2D eigenvalue weighted by atomic mass is 16.5. The van der Waals surface area contributed by atoms with Gasteiger partial charge in [-0.25, -0.2) is 0 Å². The minimum Gasteiger partial charge on any atom is -0.491 e. The Kier molecular flexibility index (Phi) is 3.04. The van der Waals surface area contributed by atoms with Crippen LogP contribution in [-0.2, 0) is 0 Å². The third kappa shape index (κ3) is 2.26. The lowest BCUT2D eigenvalue weighted by atomic mass is 10.2. The molecular weight excluding hydrogens is 174 g/mol. The third-order valence-electron chi connectivity index (χ3n) is 2.78. The largest absolute Gasteiger partial charge is 0.491 e. The number of nitrogens with zero attached hydrogens (tertiary/aromatic N) is 1. The van der Waals surface area contributed by atoms with E-state index in [-0.39, 0.29) is 0 Å². The second kappa shape index (κ2) is 4.47. The molecule has 0 aliphatic carbocycles. The Morgan fingerprint density at radius 1 is 1.57 bits per heavy atom. The monoisotopic (exact) mass is 190 g/mol. The van der Waals surface area contributed by atoms with Gasteiger partial charge in [-0.2, -0.15) is 0 Å². The van der Waals surface area contributed by atoms with Crippen molar-refractivity contribution in [3.05, 3.63) is 30.3 Å². The van der Waals surface area contributed by atoms with Crippen LogP contribution in [0.5, 0.6) is 5.75 Å². The zero-order valence-electron chi connectivity index (χ0n) is 8.57. The van der Waals surface area contributed by atoms with Crippen molar-refractivity contribution in [3.8, 4) is 5.75 Å². The first kappa shape index (κ1) is 9.53. The molecule has 1 aromatic carbocycles. The van der Waals surface area contributed by atoms with E-state index in [4.69, 9.17) is 4.74 Å². The summed E-state index contributed by atoms with van der Waals surface area (Å²) >= 11 is 0. The molecule has 1 aromatic rings. The lowest BCUT2D eigenvalue weighted by molar-refractivity contribution is 0.198. The lowest BCUT2D eigenvalue weighted by Crippen LogP contribution is -2.30. The van der Waals surface area contributed by atoms with Gasteiger partial charge in [-0.1, -0.05) is 18.2 Å². The van der Waals surface area contributed by atoms with E-state index in [1.165, 1.54) is 19.4 Å². The van der Waals surface area contributed by atoms with Crippen molar-refractivity contribution in [2.45, 2.75) is 18.9 Å². The molecular formula is C12H16NO. The predicted octanol–water partition coefficient (Wildman–Crippen LogP) is 1.96. The lowest BCUT2D eigenvalue weighted by Gasteiger charge is -2.19. The Hall–Kier alpha value is -1.02. The van der Waals surface area contributed by atoms with Crippen molar-refractivity contribution in [2.24, 2.45) is 0 Å². The summed E-state index contributed by atoms with van der Waals surface area (Å²) in [5.74, 6) is 0.854. The van der Waals surface area contributed by atoms with Gasteiger partial charge in [-0.15, -0.1) is 0 Å². The van der Waals surface area contributed by atoms with E-state index in [2.05, 4.69) is 18.0 Å². The maximum atomic E-state index is 5.66. The number of para-hydroxylation sites is 1. The molecule has 2 nitrogen and oxygen atoms in total. The van der Waals surface area contributed by atoms with E-state index in [1.54, 1.807) is 0 Å². The molecule has 0 N–H and O–H groups in total. The van der Waals surface area contributed by atoms with Crippen molar-refractivity contribution >= 4 is 0 Å². The van der Waals surface area contributed by atoms with Gasteiger partial charge in [0.15, 0.2) is 0 Å². The highest BCUT2D eigenvalue weighted by Gasteiger charge is 2.20. The molecule has 0 amide bonds. The van der Waals surface area contributed by atoms with Gasteiger partial charge in [-0.3, -0.25) is 0 Å². The van der Waals surface area contributed by atoms with Crippen molar-refractivity contribution in [1.82, 2.24) is 4.90 Å². The van der Waals surface area contributed by atoms with Crippen LogP contribution in [-0.4, -0.2) is 31.1 Å². The van der Waals surface area contributed by atoms with Gasteiger partial charge >= 0.3 is 0 Å².